The first-order valence-corrected chi connectivity index (χ1v) is 12.4. The van der Waals surface area contributed by atoms with Crippen molar-refractivity contribution < 1.29 is 14.1 Å². The van der Waals surface area contributed by atoms with Crippen LogP contribution in [0, 0.1) is 15.9 Å². The largest absolute Gasteiger partial charge is 0.355 e. The van der Waals surface area contributed by atoms with Crippen molar-refractivity contribution in [1.82, 2.24) is 20.3 Å². The number of rotatable bonds is 8. The monoisotopic (exact) mass is 527 g/mol. The maximum Gasteiger partial charge on any atom is 0.355 e. The van der Waals surface area contributed by atoms with Gasteiger partial charge in [0.25, 0.3) is 5.91 Å². The molecule has 11 heteroatoms. The molecule has 2 heterocycles. The molecule has 198 valence electrons. The molecule has 3 aromatic carbocycles. The van der Waals surface area contributed by atoms with Crippen molar-refractivity contribution >= 4 is 23.2 Å². The molecule has 0 aliphatic carbocycles. The zero-order valence-corrected chi connectivity index (χ0v) is 20.9. The molecule has 1 saturated heterocycles. The second-order valence-electron chi connectivity index (χ2n) is 8.98. The fourth-order valence-corrected chi connectivity index (χ4v) is 4.73. The number of nitro groups is 1. The third-order valence-corrected chi connectivity index (χ3v) is 6.60. The Morgan fingerprint density at radius 3 is 2.03 bits per heavy atom. The van der Waals surface area contributed by atoms with Crippen molar-refractivity contribution in [1.29, 1.82) is 0 Å². The summed E-state index contributed by atoms with van der Waals surface area (Å²) in [5.74, 6) is -1.04. The molecule has 0 bridgehead atoms. The summed E-state index contributed by atoms with van der Waals surface area (Å²) < 4.78 is 13.2. The lowest BCUT2D eigenvalue weighted by atomic mass is 9.96. The molecule has 1 aliphatic heterocycles. The molecular weight excluding hydrogens is 501 g/mol. The first-order valence-electron chi connectivity index (χ1n) is 12.4. The molecule has 0 unspecified atom stereocenters. The molecular formula is C28H26FN7O3. The first kappa shape index (κ1) is 25.7. The number of amides is 1. The number of aromatic nitrogens is 2. The van der Waals surface area contributed by atoms with Gasteiger partial charge in [0, 0.05) is 31.7 Å². The van der Waals surface area contributed by atoms with Gasteiger partial charge in [-0.2, -0.15) is 0 Å². The van der Waals surface area contributed by atoms with Gasteiger partial charge in [-0.05, 0) is 35.4 Å². The van der Waals surface area contributed by atoms with Crippen LogP contribution in [-0.4, -0.2) is 51.9 Å². The van der Waals surface area contributed by atoms with E-state index in [2.05, 4.69) is 50.0 Å². The Balaban J connectivity index is 1.33. The van der Waals surface area contributed by atoms with E-state index in [1.807, 2.05) is 41.3 Å². The molecule has 0 spiro atoms. The van der Waals surface area contributed by atoms with Crippen LogP contribution in [0.25, 0.3) is 0 Å². The maximum atomic E-state index is 13.2. The third-order valence-electron chi connectivity index (χ3n) is 6.60. The van der Waals surface area contributed by atoms with Crippen molar-refractivity contribution in [3.8, 4) is 0 Å². The van der Waals surface area contributed by atoms with Gasteiger partial charge in [-0.1, -0.05) is 60.7 Å². The van der Waals surface area contributed by atoms with Crippen molar-refractivity contribution in [2.75, 3.05) is 36.5 Å². The Kier molecular flexibility index (Phi) is 7.69. The highest BCUT2D eigenvalue weighted by atomic mass is 19.1. The highest BCUT2D eigenvalue weighted by Gasteiger charge is 2.32. The smallest absolute Gasteiger partial charge is 0.348 e. The van der Waals surface area contributed by atoms with E-state index < -0.39 is 16.6 Å². The normalized spacial score (nSPS) is 13.7. The molecule has 1 fully saturated rings. The summed E-state index contributed by atoms with van der Waals surface area (Å²) in [7, 11) is 0. The lowest BCUT2D eigenvalue weighted by molar-refractivity contribution is -0.383. The minimum Gasteiger partial charge on any atom is -0.348 e. The standard InChI is InChI=1S/C28H26FN7O3/c29-23-13-11-22(12-14-23)28(37)33-32-26-25(36(38)39)27(31-19-30-26)35-17-15-34(16-18-35)24(20-7-3-1-4-8-20)21-9-5-2-6-10-21/h1-14,19,24H,15-18H2,(H,33,37)(H,30,31,32). The van der Waals surface area contributed by atoms with Crippen molar-refractivity contribution in [3.05, 3.63) is 124 Å². The van der Waals surface area contributed by atoms with Gasteiger partial charge in [-0.15, -0.1) is 0 Å². The van der Waals surface area contributed by atoms with Crippen LogP contribution in [0.1, 0.15) is 27.5 Å². The molecule has 1 aliphatic rings. The van der Waals surface area contributed by atoms with Gasteiger partial charge in [0.15, 0.2) is 0 Å². The molecule has 1 aromatic heterocycles. The zero-order valence-electron chi connectivity index (χ0n) is 20.9. The van der Waals surface area contributed by atoms with E-state index in [0.717, 1.165) is 12.1 Å². The number of anilines is 2. The summed E-state index contributed by atoms with van der Waals surface area (Å²) >= 11 is 0. The number of nitrogens with zero attached hydrogens (tertiary/aromatic N) is 5. The van der Waals surface area contributed by atoms with E-state index >= 15 is 0 Å². The predicted molar refractivity (Wildman–Crippen MR) is 145 cm³/mol. The molecule has 5 rings (SSSR count). The van der Waals surface area contributed by atoms with Crippen molar-refractivity contribution in [2.24, 2.45) is 0 Å². The van der Waals surface area contributed by atoms with Gasteiger partial charge in [0.05, 0.1) is 11.0 Å². The van der Waals surface area contributed by atoms with Crippen molar-refractivity contribution in [2.45, 2.75) is 6.04 Å². The number of benzene rings is 3. The van der Waals surface area contributed by atoms with Gasteiger partial charge in [0.1, 0.15) is 12.1 Å². The Labute approximate surface area is 224 Å². The second kappa shape index (κ2) is 11.7. The fraction of sp³-hybridized carbons (Fsp3) is 0.179. The Hall–Kier alpha value is -4.90. The minimum absolute atomic E-state index is 0.0498. The van der Waals surface area contributed by atoms with Crippen LogP contribution < -0.4 is 15.8 Å². The average molecular weight is 528 g/mol. The predicted octanol–water partition coefficient (Wildman–Crippen LogP) is 4.19. The molecule has 2 N–H and O–H groups in total. The summed E-state index contributed by atoms with van der Waals surface area (Å²) in [5, 5.41) is 12.1. The van der Waals surface area contributed by atoms with Gasteiger partial charge in [0.2, 0.25) is 11.6 Å². The third kappa shape index (κ3) is 5.83. The molecule has 0 radical (unpaired) electrons. The Morgan fingerprint density at radius 2 is 1.46 bits per heavy atom. The number of carbonyl (C=O) groups excluding carboxylic acids is 1. The second-order valence-corrected chi connectivity index (χ2v) is 8.98. The van der Waals surface area contributed by atoms with E-state index in [0.29, 0.717) is 26.2 Å². The van der Waals surface area contributed by atoms with Gasteiger partial charge in [-0.3, -0.25) is 30.7 Å². The van der Waals surface area contributed by atoms with E-state index in [4.69, 9.17) is 0 Å². The summed E-state index contributed by atoms with van der Waals surface area (Å²) in [4.78, 5) is 36.3. The quantitative estimate of drug-likeness (QED) is 0.259. The van der Waals surface area contributed by atoms with Crippen LogP contribution in [0.15, 0.2) is 91.3 Å². The Morgan fingerprint density at radius 1 is 0.872 bits per heavy atom. The number of hydrogen-bond acceptors (Lipinski definition) is 8. The minimum atomic E-state index is -0.592. The fourth-order valence-electron chi connectivity index (χ4n) is 4.73. The lowest BCUT2D eigenvalue weighted by Crippen LogP contribution is -2.48. The van der Waals surface area contributed by atoms with Crippen molar-refractivity contribution in [3.63, 3.8) is 0 Å². The molecule has 10 nitrogen and oxygen atoms in total. The summed E-state index contributed by atoms with van der Waals surface area (Å²) in [6.45, 7) is 2.32. The highest BCUT2D eigenvalue weighted by molar-refractivity contribution is 5.95. The molecule has 1 amide bonds. The molecule has 0 atom stereocenters. The number of nitrogens with one attached hydrogen (secondary N) is 2. The van der Waals surface area contributed by atoms with Crippen LogP contribution in [0.3, 0.4) is 0 Å². The topological polar surface area (TPSA) is 117 Å². The lowest BCUT2D eigenvalue weighted by Gasteiger charge is -2.40. The van der Waals surface area contributed by atoms with E-state index in [1.54, 1.807) is 0 Å². The SMILES string of the molecule is O=C(NNc1ncnc(N2CCN(C(c3ccccc3)c3ccccc3)CC2)c1[N+](=O)[O-])c1ccc(F)cc1. The van der Waals surface area contributed by atoms with Gasteiger partial charge < -0.3 is 4.90 Å². The number of hydrogen-bond donors (Lipinski definition) is 2. The van der Waals surface area contributed by atoms with E-state index in [-0.39, 0.29) is 28.9 Å². The number of halogens is 1. The number of hydrazine groups is 1. The van der Waals surface area contributed by atoms with Gasteiger partial charge >= 0.3 is 5.69 Å². The summed E-state index contributed by atoms with van der Waals surface area (Å²) in [5.41, 5.74) is 7.11. The van der Waals surface area contributed by atoms with Crippen LogP contribution >= 0.6 is 0 Å². The van der Waals surface area contributed by atoms with Crippen LogP contribution in [0.2, 0.25) is 0 Å². The van der Waals surface area contributed by atoms with Gasteiger partial charge in [-0.25, -0.2) is 14.4 Å². The zero-order chi connectivity index (χ0) is 27.2. The van der Waals surface area contributed by atoms with Crippen LogP contribution in [-0.2, 0) is 0 Å². The Bertz CT molecular complexity index is 1390. The molecule has 4 aromatic rings. The summed E-state index contributed by atoms with van der Waals surface area (Å²) in [6.07, 6.45) is 1.22. The summed E-state index contributed by atoms with van der Waals surface area (Å²) in [6, 6.07) is 25.5. The molecule has 0 saturated carbocycles. The highest BCUT2D eigenvalue weighted by Crippen LogP contribution is 2.34. The maximum absolute atomic E-state index is 13.2. The van der Waals surface area contributed by atoms with Crippen LogP contribution in [0.4, 0.5) is 21.7 Å². The van der Waals surface area contributed by atoms with Crippen LogP contribution in [0.5, 0.6) is 0 Å². The average Bonchev–Trinajstić information content (AvgIpc) is 2.97. The van der Waals surface area contributed by atoms with E-state index in [9.17, 15) is 19.3 Å². The first-order chi connectivity index (χ1) is 19.0. The molecule has 39 heavy (non-hydrogen) atoms. The number of carbonyl (C=O) groups is 1. The van der Waals surface area contributed by atoms with E-state index in [1.165, 1.54) is 29.6 Å². The number of piperazine rings is 1.